The molecule has 0 bridgehead atoms. The summed E-state index contributed by atoms with van der Waals surface area (Å²) in [6, 6.07) is 16.7. The number of anilines is 1. The summed E-state index contributed by atoms with van der Waals surface area (Å²) in [5.41, 5.74) is 2.38. The van der Waals surface area contributed by atoms with E-state index in [-0.39, 0.29) is 11.8 Å². The SMILES string of the molecule is CN1CCN(C2=C(c3ccccc3)C(=O)N(c3ccc(Br)cc3)C2=O)CC1. The first kappa shape index (κ1) is 17.9. The second kappa shape index (κ2) is 7.29. The van der Waals surface area contributed by atoms with Crippen molar-refractivity contribution in [3.8, 4) is 0 Å². The van der Waals surface area contributed by atoms with Gasteiger partial charge in [-0.15, -0.1) is 0 Å². The summed E-state index contributed by atoms with van der Waals surface area (Å²) < 4.78 is 0.904. The molecule has 138 valence electrons. The highest BCUT2D eigenvalue weighted by Crippen LogP contribution is 2.35. The smallest absolute Gasteiger partial charge is 0.282 e. The molecule has 6 heteroatoms. The number of carbonyl (C=O) groups is 2. The third kappa shape index (κ3) is 3.31. The van der Waals surface area contributed by atoms with Gasteiger partial charge in [-0.25, -0.2) is 4.90 Å². The lowest BCUT2D eigenvalue weighted by Crippen LogP contribution is -2.46. The van der Waals surface area contributed by atoms with Crippen LogP contribution in [0.2, 0.25) is 0 Å². The van der Waals surface area contributed by atoms with Crippen LogP contribution in [0.4, 0.5) is 5.69 Å². The van der Waals surface area contributed by atoms with Gasteiger partial charge in [-0.3, -0.25) is 9.59 Å². The van der Waals surface area contributed by atoms with E-state index in [9.17, 15) is 9.59 Å². The molecule has 4 rings (SSSR count). The summed E-state index contributed by atoms with van der Waals surface area (Å²) in [5, 5.41) is 0. The minimum atomic E-state index is -0.262. The number of imide groups is 1. The first-order valence-electron chi connectivity index (χ1n) is 8.94. The number of carbonyl (C=O) groups excluding carboxylic acids is 2. The number of halogens is 1. The third-order valence-electron chi connectivity index (χ3n) is 5.03. The molecule has 0 atom stereocenters. The Morgan fingerprint density at radius 2 is 1.44 bits per heavy atom. The maximum absolute atomic E-state index is 13.3. The van der Waals surface area contributed by atoms with Crippen LogP contribution in [-0.2, 0) is 9.59 Å². The maximum atomic E-state index is 13.3. The second-order valence-corrected chi connectivity index (χ2v) is 7.72. The van der Waals surface area contributed by atoms with Crippen molar-refractivity contribution in [1.82, 2.24) is 9.80 Å². The molecule has 27 heavy (non-hydrogen) atoms. The number of likely N-dealkylation sites (N-methyl/N-ethyl adjacent to an activating group) is 1. The Bertz CT molecular complexity index is 901. The molecule has 2 heterocycles. The van der Waals surface area contributed by atoms with Gasteiger partial charge in [0.25, 0.3) is 11.8 Å². The summed E-state index contributed by atoms with van der Waals surface area (Å²) in [5.74, 6) is -0.506. The van der Waals surface area contributed by atoms with Crippen LogP contribution in [0.25, 0.3) is 5.57 Å². The Hall–Kier alpha value is -2.44. The van der Waals surface area contributed by atoms with Crippen molar-refractivity contribution in [2.24, 2.45) is 0 Å². The van der Waals surface area contributed by atoms with Crippen LogP contribution in [0.15, 0.2) is 64.8 Å². The number of rotatable bonds is 3. The zero-order chi connectivity index (χ0) is 19.0. The van der Waals surface area contributed by atoms with Gasteiger partial charge in [-0.2, -0.15) is 0 Å². The molecule has 0 aliphatic carbocycles. The van der Waals surface area contributed by atoms with E-state index in [4.69, 9.17) is 0 Å². The zero-order valence-electron chi connectivity index (χ0n) is 15.1. The first-order chi connectivity index (χ1) is 13.1. The van der Waals surface area contributed by atoms with Crippen molar-refractivity contribution < 1.29 is 9.59 Å². The molecule has 0 radical (unpaired) electrons. The minimum Gasteiger partial charge on any atom is -0.364 e. The molecule has 1 saturated heterocycles. The summed E-state index contributed by atoms with van der Waals surface area (Å²) in [4.78, 5) is 32.2. The van der Waals surface area contributed by atoms with Crippen LogP contribution in [0.1, 0.15) is 5.56 Å². The van der Waals surface area contributed by atoms with Crippen molar-refractivity contribution in [3.63, 3.8) is 0 Å². The number of nitrogens with zero attached hydrogens (tertiary/aromatic N) is 3. The van der Waals surface area contributed by atoms with Crippen molar-refractivity contribution in [1.29, 1.82) is 0 Å². The number of benzene rings is 2. The molecule has 2 aliphatic rings. The Labute approximate surface area is 167 Å². The molecule has 1 fully saturated rings. The Morgan fingerprint density at radius 1 is 0.815 bits per heavy atom. The van der Waals surface area contributed by atoms with E-state index in [0.717, 1.165) is 36.2 Å². The van der Waals surface area contributed by atoms with Gasteiger partial charge < -0.3 is 9.80 Å². The second-order valence-electron chi connectivity index (χ2n) is 6.80. The summed E-state index contributed by atoms with van der Waals surface area (Å²) in [6.07, 6.45) is 0. The van der Waals surface area contributed by atoms with E-state index >= 15 is 0 Å². The molecule has 0 unspecified atom stereocenters. The maximum Gasteiger partial charge on any atom is 0.282 e. The Balaban J connectivity index is 1.79. The zero-order valence-corrected chi connectivity index (χ0v) is 16.6. The Morgan fingerprint density at radius 3 is 2.07 bits per heavy atom. The summed E-state index contributed by atoms with van der Waals surface area (Å²) in [7, 11) is 2.07. The van der Waals surface area contributed by atoms with E-state index in [1.165, 1.54) is 4.90 Å². The highest BCUT2D eigenvalue weighted by Gasteiger charge is 2.42. The number of hydrogen-bond donors (Lipinski definition) is 0. The van der Waals surface area contributed by atoms with Crippen LogP contribution < -0.4 is 4.90 Å². The molecule has 2 aromatic carbocycles. The Kier molecular flexibility index (Phi) is 4.85. The van der Waals surface area contributed by atoms with Crippen LogP contribution >= 0.6 is 15.9 Å². The van der Waals surface area contributed by atoms with Gasteiger partial charge in [0.05, 0.1) is 11.3 Å². The monoisotopic (exact) mass is 425 g/mol. The van der Waals surface area contributed by atoms with Crippen LogP contribution in [0, 0.1) is 0 Å². The molecule has 0 saturated carbocycles. The van der Waals surface area contributed by atoms with E-state index in [2.05, 4.69) is 32.8 Å². The van der Waals surface area contributed by atoms with Crippen LogP contribution in [0.5, 0.6) is 0 Å². The lowest BCUT2D eigenvalue weighted by atomic mass is 10.0. The highest BCUT2D eigenvalue weighted by molar-refractivity contribution is 9.10. The van der Waals surface area contributed by atoms with Gasteiger partial charge >= 0.3 is 0 Å². The number of hydrogen-bond acceptors (Lipinski definition) is 4. The van der Waals surface area contributed by atoms with Gasteiger partial charge in [0.1, 0.15) is 5.70 Å². The van der Waals surface area contributed by atoms with Gasteiger partial charge in [-0.1, -0.05) is 46.3 Å². The van der Waals surface area contributed by atoms with Gasteiger partial charge in [-0.05, 0) is 36.9 Å². The molecule has 0 spiro atoms. The van der Waals surface area contributed by atoms with E-state index in [0.29, 0.717) is 17.0 Å². The average Bonchev–Trinajstić information content (AvgIpc) is 2.94. The fourth-order valence-corrected chi connectivity index (χ4v) is 3.80. The topological polar surface area (TPSA) is 43.9 Å². The number of amides is 2. The lowest BCUT2D eigenvalue weighted by Gasteiger charge is -2.34. The standard InChI is InChI=1S/C21H20BrN3O2/c1-23-11-13-24(14-12-23)19-18(15-5-3-2-4-6-15)20(26)25(21(19)27)17-9-7-16(22)8-10-17/h2-10H,11-14H2,1H3. The van der Waals surface area contributed by atoms with Crippen molar-refractivity contribution in [3.05, 3.63) is 70.3 Å². The van der Waals surface area contributed by atoms with Crippen LogP contribution in [0.3, 0.4) is 0 Å². The predicted octanol–water partition coefficient (Wildman–Crippen LogP) is 2.98. The quantitative estimate of drug-likeness (QED) is 0.709. The summed E-state index contributed by atoms with van der Waals surface area (Å²) >= 11 is 3.40. The van der Waals surface area contributed by atoms with E-state index in [1.807, 2.05) is 42.5 Å². The summed E-state index contributed by atoms with van der Waals surface area (Å²) in [6.45, 7) is 3.20. The van der Waals surface area contributed by atoms with Crippen molar-refractivity contribution in [2.45, 2.75) is 0 Å². The number of piperazine rings is 1. The highest BCUT2D eigenvalue weighted by atomic mass is 79.9. The first-order valence-corrected chi connectivity index (χ1v) is 9.73. The molecule has 2 amide bonds. The molecule has 2 aromatic rings. The van der Waals surface area contributed by atoms with Crippen LogP contribution in [-0.4, -0.2) is 54.8 Å². The normalized spacial score (nSPS) is 18.6. The lowest BCUT2D eigenvalue weighted by molar-refractivity contribution is -0.120. The molecule has 2 aliphatic heterocycles. The van der Waals surface area contributed by atoms with Gasteiger partial charge in [0, 0.05) is 30.7 Å². The largest absolute Gasteiger partial charge is 0.364 e. The van der Waals surface area contributed by atoms with Crippen molar-refractivity contribution >= 4 is 39.0 Å². The average molecular weight is 426 g/mol. The van der Waals surface area contributed by atoms with Gasteiger partial charge in [0.2, 0.25) is 0 Å². The minimum absolute atomic E-state index is 0.245. The molecule has 0 N–H and O–H groups in total. The third-order valence-corrected chi connectivity index (χ3v) is 5.55. The molecule has 5 nitrogen and oxygen atoms in total. The van der Waals surface area contributed by atoms with E-state index in [1.54, 1.807) is 12.1 Å². The molecular weight excluding hydrogens is 406 g/mol. The fourth-order valence-electron chi connectivity index (χ4n) is 3.53. The van der Waals surface area contributed by atoms with Gasteiger partial charge in [0.15, 0.2) is 0 Å². The molecule has 0 aromatic heterocycles. The fraction of sp³-hybridized carbons (Fsp3) is 0.238. The molecular formula is C21H20BrN3O2. The van der Waals surface area contributed by atoms with Crippen molar-refractivity contribution in [2.75, 3.05) is 38.1 Å². The predicted molar refractivity (Wildman–Crippen MR) is 109 cm³/mol. The van der Waals surface area contributed by atoms with E-state index < -0.39 is 0 Å².